The molecule has 0 saturated carbocycles. The van der Waals surface area contributed by atoms with Crippen molar-refractivity contribution >= 4 is 17.9 Å². The molecule has 0 heterocycles. The minimum Gasteiger partial charge on any atom is -0.462 e. The zero-order valence-corrected chi connectivity index (χ0v) is 56.5. The van der Waals surface area contributed by atoms with E-state index in [0.717, 1.165) is 64.2 Å². The quantitative estimate of drug-likeness (QED) is 0.0261. The van der Waals surface area contributed by atoms with Gasteiger partial charge in [0.25, 0.3) is 0 Å². The van der Waals surface area contributed by atoms with Crippen LogP contribution in [0.25, 0.3) is 0 Å². The predicted molar refractivity (Wildman–Crippen MR) is 363 cm³/mol. The Balaban J connectivity index is 3.91. The molecule has 83 heavy (non-hydrogen) atoms. The molecule has 0 bridgehead atoms. The standard InChI is InChI=1S/C77H146O6/c1-4-7-10-13-16-18-20-22-24-26-28-30-32-34-36-37-38-39-40-42-43-45-47-49-51-53-55-57-59-61-64-67-70-76(79)82-73-74(72-81-75(78)69-66-63-15-12-9-6-3)83-77(80)71-68-65-62-60-58-56-54-52-50-48-46-44-41-35-33-31-29-27-25-23-21-19-17-14-11-8-5-2/h21,23,27,29,74H,4-20,22,24-26,28,30-73H2,1-3H3/b23-21-,29-27-. The van der Waals surface area contributed by atoms with Crippen molar-refractivity contribution in [1.82, 2.24) is 0 Å². The molecule has 0 aromatic heterocycles. The van der Waals surface area contributed by atoms with Gasteiger partial charge >= 0.3 is 17.9 Å². The molecule has 0 aliphatic carbocycles. The molecule has 6 nitrogen and oxygen atoms in total. The first-order valence-corrected chi connectivity index (χ1v) is 37.8. The average Bonchev–Trinajstić information content (AvgIpc) is 3.48. The lowest BCUT2D eigenvalue weighted by Gasteiger charge is -2.18. The van der Waals surface area contributed by atoms with Crippen molar-refractivity contribution < 1.29 is 28.6 Å². The number of rotatable bonds is 71. The van der Waals surface area contributed by atoms with Crippen LogP contribution in [0.1, 0.15) is 432 Å². The Hall–Kier alpha value is -2.11. The molecular weight excluding hydrogens is 1020 g/mol. The van der Waals surface area contributed by atoms with Crippen molar-refractivity contribution in [3.63, 3.8) is 0 Å². The molecule has 0 fully saturated rings. The summed E-state index contributed by atoms with van der Waals surface area (Å²) in [5, 5.41) is 0. The van der Waals surface area contributed by atoms with Crippen molar-refractivity contribution in [3.05, 3.63) is 24.3 Å². The lowest BCUT2D eigenvalue weighted by molar-refractivity contribution is -0.167. The highest BCUT2D eigenvalue weighted by atomic mass is 16.6. The van der Waals surface area contributed by atoms with E-state index < -0.39 is 6.10 Å². The Labute approximate surface area is 519 Å². The summed E-state index contributed by atoms with van der Waals surface area (Å²) >= 11 is 0. The van der Waals surface area contributed by atoms with Crippen LogP contribution in [0.15, 0.2) is 24.3 Å². The van der Waals surface area contributed by atoms with Gasteiger partial charge in [0.2, 0.25) is 0 Å². The SMILES string of the molecule is CCCCCCC/C=C\C/C=C\CCCCCCCCCCCCCCCCCC(=O)OC(COC(=O)CCCCCCCC)COC(=O)CCCCCCCCCCCCCCCCCCCCCCCCCCCCCCCCCC. The number of allylic oxidation sites excluding steroid dienone is 4. The van der Waals surface area contributed by atoms with Gasteiger partial charge in [-0.05, 0) is 51.4 Å². The number of carbonyl (C=O) groups is 3. The number of unbranched alkanes of at least 4 members (excludes halogenated alkanes) is 56. The lowest BCUT2D eigenvalue weighted by Crippen LogP contribution is -2.30. The molecule has 0 aliphatic heterocycles. The van der Waals surface area contributed by atoms with Gasteiger partial charge in [0.15, 0.2) is 6.10 Å². The number of hydrogen-bond donors (Lipinski definition) is 0. The highest BCUT2D eigenvalue weighted by Gasteiger charge is 2.20. The highest BCUT2D eigenvalue weighted by Crippen LogP contribution is 2.20. The van der Waals surface area contributed by atoms with E-state index in [1.165, 1.54) is 327 Å². The predicted octanol–water partition coefficient (Wildman–Crippen LogP) is 26.1. The first kappa shape index (κ1) is 80.9. The van der Waals surface area contributed by atoms with Crippen LogP contribution in [0.3, 0.4) is 0 Å². The molecule has 490 valence electrons. The zero-order chi connectivity index (χ0) is 59.9. The summed E-state index contributed by atoms with van der Waals surface area (Å²) in [5.41, 5.74) is 0. The van der Waals surface area contributed by atoms with Gasteiger partial charge in [0, 0.05) is 19.3 Å². The topological polar surface area (TPSA) is 78.9 Å². The fourth-order valence-electron chi connectivity index (χ4n) is 11.8. The molecule has 0 radical (unpaired) electrons. The van der Waals surface area contributed by atoms with Crippen molar-refractivity contribution in [1.29, 1.82) is 0 Å². The minimum absolute atomic E-state index is 0.0650. The summed E-state index contributed by atoms with van der Waals surface area (Å²) in [4.78, 5) is 38.2. The maximum atomic E-state index is 12.9. The number of esters is 3. The van der Waals surface area contributed by atoms with E-state index in [0.29, 0.717) is 19.3 Å². The van der Waals surface area contributed by atoms with E-state index in [2.05, 4.69) is 45.1 Å². The molecule has 0 spiro atoms. The molecule has 0 saturated heterocycles. The highest BCUT2D eigenvalue weighted by molar-refractivity contribution is 5.71. The largest absolute Gasteiger partial charge is 0.462 e. The molecule has 6 heteroatoms. The fourth-order valence-corrected chi connectivity index (χ4v) is 11.8. The van der Waals surface area contributed by atoms with Crippen LogP contribution >= 0.6 is 0 Å². The molecule has 0 amide bonds. The second-order valence-electron chi connectivity index (χ2n) is 25.9. The molecule has 1 unspecified atom stereocenters. The van der Waals surface area contributed by atoms with E-state index in [-0.39, 0.29) is 31.1 Å². The van der Waals surface area contributed by atoms with Crippen LogP contribution in [0.2, 0.25) is 0 Å². The van der Waals surface area contributed by atoms with Crippen LogP contribution in [0.4, 0.5) is 0 Å². The van der Waals surface area contributed by atoms with E-state index in [1.807, 2.05) is 0 Å². The fraction of sp³-hybridized carbons (Fsp3) is 0.909. The Bertz CT molecular complexity index is 1340. The van der Waals surface area contributed by atoms with Gasteiger partial charge in [-0.25, -0.2) is 0 Å². The van der Waals surface area contributed by atoms with Crippen molar-refractivity contribution in [2.45, 2.75) is 438 Å². The van der Waals surface area contributed by atoms with Gasteiger partial charge in [-0.3, -0.25) is 14.4 Å². The number of ether oxygens (including phenoxy) is 3. The van der Waals surface area contributed by atoms with Crippen LogP contribution in [-0.4, -0.2) is 37.2 Å². The van der Waals surface area contributed by atoms with E-state index in [4.69, 9.17) is 14.2 Å². The third-order valence-corrected chi connectivity index (χ3v) is 17.5. The zero-order valence-electron chi connectivity index (χ0n) is 56.5. The Kier molecular flexibility index (Phi) is 70.5. The summed E-state index contributed by atoms with van der Waals surface area (Å²) in [5.74, 6) is -0.844. The van der Waals surface area contributed by atoms with Crippen LogP contribution in [0, 0.1) is 0 Å². The van der Waals surface area contributed by atoms with Gasteiger partial charge in [-0.2, -0.15) is 0 Å². The second kappa shape index (κ2) is 72.4. The van der Waals surface area contributed by atoms with Crippen LogP contribution in [0.5, 0.6) is 0 Å². The average molecular weight is 1170 g/mol. The van der Waals surface area contributed by atoms with Crippen LogP contribution in [-0.2, 0) is 28.6 Å². The molecule has 0 rings (SSSR count). The number of carbonyl (C=O) groups excluding carboxylic acids is 3. The van der Waals surface area contributed by atoms with Crippen molar-refractivity contribution in [2.75, 3.05) is 13.2 Å². The summed E-state index contributed by atoms with van der Waals surface area (Å²) in [6, 6.07) is 0. The van der Waals surface area contributed by atoms with E-state index in [9.17, 15) is 14.4 Å². The third-order valence-electron chi connectivity index (χ3n) is 17.5. The smallest absolute Gasteiger partial charge is 0.306 e. The Morgan fingerprint density at radius 2 is 0.434 bits per heavy atom. The molecular formula is C77H146O6. The van der Waals surface area contributed by atoms with E-state index >= 15 is 0 Å². The monoisotopic (exact) mass is 1170 g/mol. The van der Waals surface area contributed by atoms with Gasteiger partial charge < -0.3 is 14.2 Å². The second-order valence-corrected chi connectivity index (χ2v) is 25.9. The first-order chi connectivity index (χ1) is 41.0. The molecule has 0 N–H and O–H groups in total. The summed E-state index contributed by atoms with van der Waals surface area (Å²) < 4.78 is 16.9. The maximum absolute atomic E-state index is 12.9. The Morgan fingerprint density at radius 1 is 0.241 bits per heavy atom. The molecule has 0 aromatic rings. The normalized spacial score (nSPS) is 12.1. The lowest BCUT2D eigenvalue weighted by atomic mass is 10.0. The Morgan fingerprint density at radius 3 is 0.663 bits per heavy atom. The third kappa shape index (κ3) is 70.5. The van der Waals surface area contributed by atoms with Gasteiger partial charge in [0.05, 0.1) is 0 Å². The van der Waals surface area contributed by atoms with Crippen molar-refractivity contribution in [3.8, 4) is 0 Å². The summed E-state index contributed by atoms with van der Waals surface area (Å²) in [6.07, 6.45) is 90.0. The van der Waals surface area contributed by atoms with Crippen LogP contribution < -0.4 is 0 Å². The summed E-state index contributed by atoms with van der Waals surface area (Å²) in [6.45, 7) is 6.65. The molecule has 0 aliphatic rings. The minimum atomic E-state index is -0.766. The van der Waals surface area contributed by atoms with Gasteiger partial charge in [-0.15, -0.1) is 0 Å². The maximum Gasteiger partial charge on any atom is 0.306 e. The first-order valence-electron chi connectivity index (χ1n) is 37.8. The number of hydrogen-bond acceptors (Lipinski definition) is 6. The van der Waals surface area contributed by atoms with Gasteiger partial charge in [-0.1, -0.05) is 385 Å². The summed E-state index contributed by atoms with van der Waals surface area (Å²) in [7, 11) is 0. The molecule has 0 aromatic carbocycles. The van der Waals surface area contributed by atoms with Gasteiger partial charge in [0.1, 0.15) is 13.2 Å². The van der Waals surface area contributed by atoms with Crippen molar-refractivity contribution in [2.24, 2.45) is 0 Å². The molecule has 1 atom stereocenters. The van der Waals surface area contributed by atoms with E-state index in [1.54, 1.807) is 0 Å².